The van der Waals surface area contributed by atoms with E-state index in [-0.39, 0.29) is 0 Å². The maximum absolute atomic E-state index is 3.78. The molecule has 0 radical (unpaired) electrons. The Balaban J connectivity index is 1.95. The molecule has 0 saturated carbocycles. The van der Waals surface area contributed by atoms with Crippen LogP contribution in [0.4, 0.5) is 0 Å². The fourth-order valence-electron chi connectivity index (χ4n) is 3.36. The van der Waals surface area contributed by atoms with E-state index in [1.165, 1.54) is 44.9 Å². The Morgan fingerprint density at radius 3 is 2.68 bits per heavy atom. The van der Waals surface area contributed by atoms with E-state index in [9.17, 15) is 0 Å². The summed E-state index contributed by atoms with van der Waals surface area (Å²) in [5, 5.41) is 3.78. The second-order valence-electron chi connectivity index (χ2n) is 5.94. The van der Waals surface area contributed by atoms with Gasteiger partial charge in [-0.1, -0.05) is 63.8 Å². The van der Waals surface area contributed by atoms with Crippen molar-refractivity contribution >= 4 is 0 Å². The molecule has 1 aliphatic carbocycles. The molecule has 1 aromatic carbocycles. The first kappa shape index (κ1) is 14.6. The fourth-order valence-corrected chi connectivity index (χ4v) is 3.36. The standard InChI is InChI=1S/C18H29N/c1-3-5-6-7-11-16-14-15-10-8-9-12-17(15)18(16)19-13-4-2/h8-10,12,16,18-19H,3-7,11,13-14H2,1-2H3. The highest BCUT2D eigenvalue weighted by Gasteiger charge is 2.30. The molecule has 1 heteroatoms. The molecule has 0 amide bonds. The van der Waals surface area contributed by atoms with Crippen LogP contribution in [-0.4, -0.2) is 6.54 Å². The summed E-state index contributed by atoms with van der Waals surface area (Å²) >= 11 is 0. The summed E-state index contributed by atoms with van der Waals surface area (Å²) in [6.07, 6.45) is 9.43. The van der Waals surface area contributed by atoms with Gasteiger partial charge in [0.05, 0.1) is 0 Å². The highest BCUT2D eigenvalue weighted by Crippen LogP contribution is 2.38. The number of rotatable bonds is 8. The zero-order valence-corrected chi connectivity index (χ0v) is 12.6. The quantitative estimate of drug-likeness (QED) is 0.657. The van der Waals surface area contributed by atoms with Crippen LogP contribution in [0.5, 0.6) is 0 Å². The lowest BCUT2D eigenvalue weighted by molar-refractivity contribution is 0.355. The minimum absolute atomic E-state index is 0.609. The van der Waals surface area contributed by atoms with Gasteiger partial charge in [-0.15, -0.1) is 0 Å². The van der Waals surface area contributed by atoms with Gasteiger partial charge in [0.2, 0.25) is 0 Å². The Bertz CT molecular complexity index is 372. The van der Waals surface area contributed by atoms with Crippen LogP contribution in [0.25, 0.3) is 0 Å². The molecule has 1 aromatic rings. The Morgan fingerprint density at radius 1 is 1.05 bits per heavy atom. The zero-order chi connectivity index (χ0) is 13.5. The summed E-state index contributed by atoms with van der Waals surface area (Å²) in [4.78, 5) is 0. The predicted molar refractivity (Wildman–Crippen MR) is 83.4 cm³/mol. The lowest BCUT2D eigenvalue weighted by Crippen LogP contribution is -2.26. The van der Waals surface area contributed by atoms with Crippen LogP contribution in [0.2, 0.25) is 0 Å². The van der Waals surface area contributed by atoms with E-state index in [0.717, 1.165) is 12.5 Å². The number of fused-ring (bicyclic) bond motifs is 1. The van der Waals surface area contributed by atoms with Gasteiger partial charge in [-0.05, 0) is 42.9 Å². The van der Waals surface area contributed by atoms with Gasteiger partial charge in [0.25, 0.3) is 0 Å². The highest BCUT2D eigenvalue weighted by molar-refractivity contribution is 5.35. The largest absolute Gasteiger partial charge is 0.310 e. The first-order valence-electron chi connectivity index (χ1n) is 8.18. The van der Waals surface area contributed by atoms with Crippen LogP contribution >= 0.6 is 0 Å². The van der Waals surface area contributed by atoms with Crippen LogP contribution in [-0.2, 0) is 6.42 Å². The molecule has 2 rings (SSSR count). The molecule has 0 fully saturated rings. The predicted octanol–water partition coefficient (Wildman–Crippen LogP) is 4.87. The van der Waals surface area contributed by atoms with Gasteiger partial charge in [0, 0.05) is 6.04 Å². The van der Waals surface area contributed by atoms with E-state index in [4.69, 9.17) is 0 Å². The zero-order valence-electron chi connectivity index (χ0n) is 12.6. The minimum atomic E-state index is 0.609. The Morgan fingerprint density at radius 2 is 1.89 bits per heavy atom. The molecule has 0 saturated heterocycles. The minimum Gasteiger partial charge on any atom is -0.310 e. The van der Waals surface area contributed by atoms with Gasteiger partial charge in [-0.25, -0.2) is 0 Å². The second kappa shape index (κ2) is 7.69. The van der Waals surface area contributed by atoms with E-state index >= 15 is 0 Å². The smallest absolute Gasteiger partial charge is 0.0354 e. The lowest BCUT2D eigenvalue weighted by Gasteiger charge is -2.22. The average molecular weight is 259 g/mol. The monoisotopic (exact) mass is 259 g/mol. The van der Waals surface area contributed by atoms with E-state index in [0.29, 0.717) is 6.04 Å². The Hall–Kier alpha value is -0.820. The average Bonchev–Trinajstić information content (AvgIpc) is 2.79. The summed E-state index contributed by atoms with van der Waals surface area (Å²) < 4.78 is 0. The third-order valence-electron chi connectivity index (χ3n) is 4.39. The van der Waals surface area contributed by atoms with E-state index in [2.05, 4.69) is 43.4 Å². The maximum Gasteiger partial charge on any atom is 0.0354 e. The first-order valence-corrected chi connectivity index (χ1v) is 8.18. The number of nitrogens with one attached hydrogen (secondary N) is 1. The van der Waals surface area contributed by atoms with Crippen LogP contribution in [0.3, 0.4) is 0 Å². The van der Waals surface area contributed by atoms with Gasteiger partial charge in [0.15, 0.2) is 0 Å². The topological polar surface area (TPSA) is 12.0 Å². The third kappa shape index (κ3) is 3.82. The van der Waals surface area contributed by atoms with Crippen molar-refractivity contribution in [3.63, 3.8) is 0 Å². The van der Waals surface area contributed by atoms with Crippen molar-refractivity contribution in [2.75, 3.05) is 6.54 Å². The third-order valence-corrected chi connectivity index (χ3v) is 4.39. The van der Waals surface area contributed by atoms with Gasteiger partial charge in [0.1, 0.15) is 0 Å². The van der Waals surface area contributed by atoms with Crippen molar-refractivity contribution in [3.05, 3.63) is 35.4 Å². The summed E-state index contributed by atoms with van der Waals surface area (Å²) in [6, 6.07) is 9.64. The maximum atomic E-state index is 3.78. The number of hydrogen-bond donors (Lipinski definition) is 1. The number of benzene rings is 1. The van der Waals surface area contributed by atoms with Gasteiger partial charge in [-0.3, -0.25) is 0 Å². The van der Waals surface area contributed by atoms with Gasteiger partial charge >= 0.3 is 0 Å². The lowest BCUT2D eigenvalue weighted by atomic mass is 9.94. The number of hydrogen-bond acceptors (Lipinski definition) is 1. The van der Waals surface area contributed by atoms with Crippen molar-refractivity contribution in [1.82, 2.24) is 5.32 Å². The van der Waals surface area contributed by atoms with Crippen LogP contribution < -0.4 is 5.32 Å². The summed E-state index contributed by atoms with van der Waals surface area (Å²) in [5.74, 6) is 0.820. The molecule has 0 aromatic heterocycles. The molecule has 1 aliphatic rings. The van der Waals surface area contributed by atoms with Crippen LogP contribution in [0, 0.1) is 5.92 Å². The van der Waals surface area contributed by atoms with Crippen molar-refractivity contribution in [3.8, 4) is 0 Å². The van der Waals surface area contributed by atoms with Gasteiger partial charge < -0.3 is 5.32 Å². The molecule has 106 valence electrons. The van der Waals surface area contributed by atoms with Crippen LogP contribution in [0.1, 0.15) is 69.5 Å². The molecule has 0 bridgehead atoms. The van der Waals surface area contributed by atoms with Crippen LogP contribution in [0.15, 0.2) is 24.3 Å². The normalized spacial score (nSPS) is 21.6. The molecule has 0 spiro atoms. The van der Waals surface area contributed by atoms with E-state index < -0.39 is 0 Å². The summed E-state index contributed by atoms with van der Waals surface area (Å²) in [5.41, 5.74) is 3.15. The van der Waals surface area contributed by atoms with Crippen molar-refractivity contribution < 1.29 is 0 Å². The fraction of sp³-hybridized carbons (Fsp3) is 0.667. The second-order valence-corrected chi connectivity index (χ2v) is 5.94. The Kier molecular flexibility index (Phi) is 5.91. The molecule has 19 heavy (non-hydrogen) atoms. The summed E-state index contributed by atoms with van der Waals surface area (Å²) in [7, 11) is 0. The molecule has 2 unspecified atom stereocenters. The first-order chi connectivity index (χ1) is 9.36. The van der Waals surface area contributed by atoms with Crippen molar-refractivity contribution in [2.24, 2.45) is 5.92 Å². The molecular weight excluding hydrogens is 230 g/mol. The molecule has 1 N–H and O–H groups in total. The molecule has 1 nitrogen and oxygen atoms in total. The highest BCUT2D eigenvalue weighted by atomic mass is 14.9. The SMILES string of the molecule is CCCCCCC1Cc2ccccc2C1NCCC. The van der Waals surface area contributed by atoms with E-state index in [1.807, 2.05) is 0 Å². The molecule has 0 heterocycles. The molecule has 0 aliphatic heterocycles. The van der Waals surface area contributed by atoms with Gasteiger partial charge in [-0.2, -0.15) is 0 Å². The molecular formula is C18H29N. The number of unbranched alkanes of at least 4 members (excludes halogenated alkanes) is 3. The van der Waals surface area contributed by atoms with Crippen molar-refractivity contribution in [1.29, 1.82) is 0 Å². The van der Waals surface area contributed by atoms with Crippen molar-refractivity contribution in [2.45, 2.75) is 64.8 Å². The molecule has 2 atom stereocenters. The van der Waals surface area contributed by atoms with E-state index in [1.54, 1.807) is 11.1 Å². The Labute approximate surface area is 118 Å². The summed E-state index contributed by atoms with van der Waals surface area (Å²) in [6.45, 7) is 5.69.